The maximum Gasteiger partial charge on any atom is 0.257 e. The van der Waals surface area contributed by atoms with Crippen molar-refractivity contribution in [3.8, 4) is 0 Å². The summed E-state index contributed by atoms with van der Waals surface area (Å²) in [6.45, 7) is 5.46. The third kappa shape index (κ3) is 2.83. The highest BCUT2D eigenvalue weighted by Crippen LogP contribution is 2.57. The van der Waals surface area contributed by atoms with Gasteiger partial charge in [0.25, 0.3) is 5.91 Å². The molecular formula is C25H37N3O2. The number of fused-ring (bicyclic) bond motifs is 1. The van der Waals surface area contributed by atoms with E-state index in [1.165, 1.54) is 50.6 Å². The molecule has 0 saturated heterocycles. The largest absolute Gasteiger partial charge is 0.390 e. The van der Waals surface area contributed by atoms with Crippen LogP contribution < -0.4 is 0 Å². The molecule has 5 saturated carbocycles. The van der Waals surface area contributed by atoms with E-state index < -0.39 is 5.60 Å². The van der Waals surface area contributed by atoms with Crippen molar-refractivity contribution in [1.82, 2.24) is 14.7 Å². The number of hydrogen-bond acceptors (Lipinski definition) is 3. The Morgan fingerprint density at radius 2 is 1.77 bits per heavy atom. The van der Waals surface area contributed by atoms with Crippen molar-refractivity contribution in [2.24, 2.45) is 17.8 Å². The Hall–Kier alpha value is -1.36. The van der Waals surface area contributed by atoms with Crippen molar-refractivity contribution in [2.45, 2.75) is 108 Å². The van der Waals surface area contributed by atoms with Crippen LogP contribution in [0.1, 0.15) is 107 Å². The van der Waals surface area contributed by atoms with Crippen LogP contribution in [-0.4, -0.2) is 43.9 Å². The van der Waals surface area contributed by atoms with E-state index in [2.05, 4.69) is 23.4 Å². The number of carbonyl (C=O) groups is 1. The van der Waals surface area contributed by atoms with Crippen LogP contribution in [0.2, 0.25) is 0 Å². The van der Waals surface area contributed by atoms with Gasteiger partial charge in [0, 0.05) is 18.0 Å². The maximum absolute atomic E-state index is 13.9. The molecule has 3 unspecified atom stereocenters. The van der Waals surface area contributed by atoms with Crippen molar-refractivity contribution < 1.29 is 9.90 Å². The lowest BCUT2D eigenvalue weighted by Gasteiger charge is -2.60. The zero-order valence-corrected chi connectivity index (χ0v) is 18.6. The molecule has 1 N–H and O–H groups in total. The third-order valence-corrected chi connectivity index (χ3v) is 9.38. The lowest BCUT2D eigenvalue weighted by Crippen LogP contribution is -2.62. The predicted octanol–water partition coefficient (Wildman–Crippen LogP) is 4.45. The fraction of sp³-hybridized carbons (Fsp3) is 0.840. The van der Waals surface area contributed by atoms with Gasteiger partial charge in [-0.1, -0.05) is 33.1 Å². The van der Waals surface area contributed by atoms with E-state index in [0.29, 0.717) is 29.8 Å². The fourth-order valence-corrected chi connectivity index (χ4v) is 8.32. The second kappa shape index (κ2) is 6.57. The summed E-state index contributed by atoms with van der Waals surface area (Å²) in [6, 6.07) is 0.769. The zero-order valence-electron chi connectivity index (χ0n) is 18.6. The first kappa shape index (κ1) is 19.3. The summed E-state index contributed by atoms with van der Waals surface area (Å²) in [4.78, 5) is 16.2. The number of aromatic nitrogens is 2. The Balaban J connectivity index is 1.35. The van der Waals surface area contributed by atoms with Crippen molar-refractivity contribution in [3.63, 3.8) is 0 Å². The Morgan fingerprint density at radius 1 is 1.07 bits per heavy atom. The van der Waals surface area contributed by atoms with Crippen LogP contribution in [0.3, 0.4) is 0 Å². The maximum atomic E-state index is 13.9. The number of rotatable bonds is 2. The van der Waals surface area contributed by atoms with Crippen molar-refractivity contribution in [1.29, 1.82) is 0 Å². The molecule has 5 atom stereocenters. The van der Waals surface area contributed by atoms with Crippen LogP contribution in [0.25, 0.3) is 0 Å². The van der Waals surface area contributed by atoms with Crippen LogP contribution in [0.15, 0.2) is 6.20 Å². The van der Waals surface area contributed by atoms with Gasteiger partial charge in [-0.2, -0.15) is 5.10 Å². The minimum atomic E-state index is -0.446. The molecule has 5 aliphatic carbocycles. The molecule has 7 rings (SSSR count). The molecule has 1 amide bonds. The highest BCUT2D eigenvalue weighted by molar-refractivity contribution is 5.96. The fourth-order valence-electron chi connectivity index (χ4n) is 8.32. The minimum Gasteiger partial charge on any atom is -0.390 e. The van der Waals surface area contributed by atoms with Crippen LogP contribution in [-0.2, 0) is 5.41 Å². The molecule has 30 heavy (non-hydrogen) atoms. The van der Waals surface area contributed by atoms with E-state index in [-0.39, 0.29) is 11.3 Å². The Bertz CT molecular complexity index is 837. The molecule has 6 aliphatic rings. The third-order valence-electron chi connectivity index (χ3n) is 9.38. The van der Waals surface area contributed by atoms with E-state index in [9.17, 15) is 9.90 Å². The summed E-state index contributed by atoms with van der Waals surface area (Å²) in [6.07, 6.45) is 14.3. The Morgan fingerprint density at radius 3 is 2.43 bits per heavy atom. The van der Waals surface area contributed by atoms with Gasteiger partial charge in [0.1, 0.15) is 0 Å². The highest BCUT2D eigenvalue weighted by atomic mass is 16.3. The summed E-state index contributed by atoms with van der Waals surface area (Å²) in [5, 5.41) is 15.8. The Kier molecular flexibility index (Phi) is 4.23. The average Bonchev–Trinajstić information content (AvgIpc) is 3.11. The second-order valence-electron chi connectivity index (χ2n) is 12.0. The predicted molar refractivity (Wildman–Crippen MR) is 115 cm³/mol. The normalized spacial score (nSPS) is 40.5. The zero-order chi connectivity index (χ0) is 20.7. The second-order valence-corrected chi connectivity index (χ2v) is 12.0. The van der Waals surface area contributed by atoms with Crippen molar-refractivity contribution >= 4 is 5.91 Å². The van der Waals surface area contributed by atoms with Crippen LogP contribution >= 0.6 is 0 Å². The van der Waals surface area contributed by atoms with Gasteiger partial charge in [0.15, 0.2) is 0 Å². The van der Waals surface area contributed by atoms with Gasteiger partial charge in [0.05, 0.1) is 29.1 Å². The van der Waals surface area contributed by atoms with E-state index >= 15 is 0 Å². The Labute approximate surface area is 180 Å². The lowest BCUT2D eigenvalue weighted by atomic mass is 9.52. The lowest BCUT2D eigenvalue weighted by molar-refractivity contribution is -0.154. The molecule has 2 heterocycles. The first-order valence-corrected chi connectivity index (χ1v) is 12.5. The van der Waals surface area contributed by atoms with Gasteiger partial charge in [-0.25, -0.2) is 0 Å². The van der Waals surface area contributed by atoms with Gasteiger partial charge in [-0.15, -0.1) is 0 Å². The van der Waals surface area contributed by atoms with Gasteiger partial charge in [-0.05, 0) is 69.1 Å². The SMILES string of the molecule is CC1(C)CCN(C2[C@@H]3CC4C[C@H]2CC(O)(C4)C3)C(=O)c2cnn(C3CCCCC3)c21. The topological polar surface area (TPSA) is 58.4 Å². The molecule has 0 radical (unpaired) electrons. The quantitative estimate of drug-likeness (QED) is 0.782. The van der Waals surface area contributed by atoms with Gasteiger partial charge in [-0.3, -0.25) is 9.48 Å². The molecule has 164 valence electrons. The van der Waals surface area contributed by atoms with Gasteiger partial charge < -0.3 is 10.0 Å². The van der Waals surface area contributed by atoms with Crippen LogP contribution in [0.5, 0.6) is 0 Å². The van der Waals surface area contributed by atoms with Gasteiger partial charge in [0.2, 0.25) is 0 Å². The molecule has 4 bridgehead atoms. The average molecular weight is 412 g/mol. The van der Waals surface area contributed by atoms with E-state index in [1.54, 1.807) is 0 Å². The molecule has 1 aromatic rings. The van der Waals surface area contributed by atoms with Gasteiger partial charge >= 0.3 is 0 Å². The molecule has 5 fully saturated rings. The van der Waals surface area contributed by atoms with Crippen LogP contribution in [0, 0.1) is 17.8 Å². The molecular weight excluding hydrogens is 374 g/mol. The molecule has 0 aromatic carbocycles. The van der Waals surface area contributed by atoms with Crippen molar-refractivity contribution in [3.05, 3.63) is 17.5 Å². The van der Waals surface area contributed by atoms with E-state index in [4.69, 9.17) is 5.10 Å². The summed E-state index contributed by atoms with van der Waals surface area (Å²) in [7, 11) is 0. The number of carbonyl (C=O) groups excluding carboxylic acids is 1. The first-order valence-electron chi connectivity index (χ1n) is 12.5. The molecule has 1 aliphatic heterocycles. The number of aliphatic hydroxyl groups is 1. The van der Waals surface area contributed by atoms with E-state index in [0.717, 1.165) is 37.8 Å². The van der Waals surface area contributed by atoms with Crippen molar-refractivity contribution in [2.75, 3.05) is 6.54 Å². The minimum absolute atomic E-state index is 0.0438. The highest BCUT2D eigenvalue weighted by Gasteiger charge is 2.57. The molecule has 0 spiro atoms. The van der Waals surface area contributed by atoms with E-state index in [1.807, 2.05) is 6.20 Å². The summed E-state index contributed by atoms with van der Waals surface area (Å²) in [5.74, 6) is 1.83. The van der Waals surface area contributed by atoms with Crippen LogP contribution in [0.4, 0.5) is 0 Å². The molecule has 5 heteroatoms. The summed E-state index contributed by atoms with van der Waals surface area (Å²) >= 11 is 0. The monoisotopic (exact) mass is 411 g/mol. The molecule has 1 aromatic heterocycles. The molecule has 5 nitrogen and oxygen atoms in total. The smallest absolute Gasteiger partial charge is 0.257 e. The number of amides is 1. The first-order chi connectivity index (χ1) is 14.3. The summed E-state index contributed by atoms with van der Waals surface area (Å²) < 4.78 is 2.25. The standard InChI is InChI=1S/C25H37N3O2/c1-24(2)8-9-27(21-17-10-16-11-18(21)14-25(30,12-16)13-17)23(29)20-15-26-28(22(20)24)19-6-4-3-5-7-19/h15-19,21,30H,3-14H2,1-2H3/t16?,17-,18+,21?,25?. The number of hydrogen-bond donors (Lipinski definition) is 1. The summed E-state index contributed by atoms with van der Waals surface area (Å²) in [5.41, 5.74) is 1.55. The number of nitrogens with zero attached hydrogens (tertiary/aromatic N) is 3.